The number of methoxy groups -OCH3 is 3. The largest absolute Gasteiger partial charge is 0.497 e. The van der Waals surface area contributed by atoms with Gasteiger partial charge in [0.05, 0.1) is 38.7 Å². The van der Waals surface area contributed by atoms with Crippen molar-refractivity contribution in [2.24, 2.45) is 5.92 Å². The van der Waals surface area contributed by atoms with E-state index < -0.39 is 50.3 Å². The van der Waals surface area contributed by atoms with Gasteiger partial charge < -0.3 is 38.4 Å². The Morgan fingerprint density at radius 1 is 0.898 bits per heavy atom. The van der Waals surface area contributed by atoms with E-state index in [2.05, 4.69) is 21.0 Å². The van der Waals surface area contributed by atoms with Gasteiger partial charge in [-0.1, -0.05) is 68.4 Å². The van der Waals surface area contributed by atoms with Crippen molar-refractivity contribution in [3.8, 4) is 17.6 Å². The lowest BCUT2D eigenvalue weighted by atomic mass is 9.64. The maximum atomic E-state index is 13.9. The van der Waals surface area contributed by atoms with Crippen molar-refractivity contribution < 1.29 is 37.9 Å². The Morgan fingerprint density at radius 3 is 1.93 bits per heavy atom. The van der Waals surface area contributed by atoms with Crippen molar-refractivity contribution >= 4 is 20.3 Å². The summed E-state index contributed by atoms with van der Waals surface area (Å²) in [5.74, 6) is 0.707. The number of nitrogens with zero attached hydrogens (tertiary/aromatic N) is 4. The highest BCUT2D eigenvalue weighted by Gasteiger charge is 2.58. The van der Waals surface area contributed by atoms with E-state index in [4.69, 9.17) is 28.0 Å². The Balaban J connectivity index is 1.76. The van der Waals surface area contributed by atoms with Gasteiger partial charge in [0.2, 0.25) is 5.91 Å². The molecule has 5 rings (SSSR count). The third kappa shape index (κ3) is 9.85. The predicted octanol–water partition coefficient (Wildman–Crippen LogP) is 6.82. The molecule has 0 saturated carbocycles. The minimum atomic E-state index is -1.91. The van der Waals surface area contributed by atoms with E-state index >= 15 is 0 Å². The van der Waals surface area contributed by atoms with Gasteiger partial charge in [0, 0.05) is 31.3 Å². The standard InChI is InChI=1S/C44H56N5O9P/c1-28(2)41(51)46-36-24-26-48(43(52)47-36)42-39(55-9)37(58-59(56-27-13-25-45)49(29(3)4)30(5)6)38(57-42)40(50)44(31-14-11-10-12-15-31,32-16-20-34(53-7)21-17-32)33-18-22-35(54-8)23-19-33/h10-12,14-24,26,28-30,37-40,42,50H,13,27H2,1-9H3,(H,46,47,51,52)/t37-,38+,39-,40?,42-,59?/m1/s1. The van der Waals surface area contributed by atoms with Crippen molar-refractivity contribution in [3.63, 3.8) is 0 Å². The Labute approximate surface area is 348 Å². The van der Waals surface area contributed by atoms with Gasteiger partial charge in [0.15, 0.2) is 6.23 Å². The third-order valence-electron chi connectivity index (χ3n) is 10.3. The number of aliphatic hydroxyl groups is 1. The van der Waals surface area contributed by atoms with E-state index in [1.807, 2.05) is 107 Å². The molecule has 2 N–H and O–H groups in total. The van der Waals surface area contributed by atoms with Gasteiger partial charge in [-0.2, -0.15) is 10.2 Å². The number of anilines is 1. The SMILES string of the molecule is COc1ccc(C(c2ccccc2)(c2ccc(OC)cc2)C(O)[C@H]2O[C@@H](n3ccc(NC(=O)C(C)C)nc3=O)[C@H](OC)[C@@H]2OP(OCCC#N)N(C(C)C)C(C)C)cc1. The number of aliphatic hydroxyl groups excluding tert-OH is 1. The maximum absolute atomic E-state index is 13.9. The molecule has 59 heavy (non-hydrogen) atoms. The molecule has 15 heteroatoms. The summed E-state index contributed by atoms with van der Waals surface area (Å²) in [7, 11) is 2.76. The van der Waals surface area contributed by atoms with Crippen LogP contribution in [0.2, 0.25) is 0 Å². The fourth-order valence-electron chi connectivity index (χ4n) is 7.53. The van der Waals surface area contributed by atoms with Crippen LogP contribution in [0.5, 0.6) is 11.5 Å². The number of aromatic nitrogens is 2. The zero-order valence-corrected chi connectivity index (χ0v) is 36.0. The van der Waals surface area contributed by atoms with E-state index in [-0.39, 0.29) is 42.8 Å². The van der Waals surface area contributed by atoms with Gasteiger partial charge >= 0.3 is 5.69 Å². The number of amides is 1. The molecule has 1 aliphatic heterocycles. The number of nitriles is 1. The van der Waals surface area contributed by atoms with E-state index in [0.717, 1.165) is 5.56 Å². The number of ether oxygens (including phenoxy) is 4. The summed E-state index contributed by atoms with van der Waals surface area (Å²) in [6.07, 6.45) is -4.27. The first-order chi connectivity index (χ1) is 28.3. The summed E-state index contributed by atoms with van der Waals surface area (Å²) in [5.41, 5.74) is 0.109. The average Bonchev–Trinajstić information content (AvgIpc) is 3.59. The molecule has 2 unspecified atom stereocenters. The van der Waals surface area contributed by atoms with Gasteiger partial charge in [-0.25, -0.2) is 9.46 Å². The van der Waals surface area contributed by atoms with Gasteiger partial charge in [0.1, 0.15) is 41.7 Å². The molecule has 2 heterocycles. The molecule has 1 fully saturated rings. The van der Waals surface area contributed by atoms with Crippen LogP contribution in [0.4, 0.5) is 5.82 Å². The normalized spacial score (nSPS) is 19.2. The van der Waals surface area contributed by atoms with E-state index in [1.54, 1.807) is 28.1 Å². The molecule has 1 amide bonds. The molecule has 0 bridgehead atoms. The summed E-state index contributed by atoms with van der Waals surface area (Å²) in [5, 5.41) is 25.6. The fourth-order valence-corrected chi connectivity index (χ4v) is 9.28. The van der Waals surface area contributed by atoms with Crippen molar-refractivity contribution in [2.45, 2.75) is 96.1 Å². The molecule has 1 aromatic heterocycles. The smallest absolute Gasteiger partial charge is 0.351 e. The number of nitrogens with one attached hydrogen (secondary N) is 1. The lowest BCUT2D eigenvalue weighted by Crippen LogP contribution is -2.53. The van der Waals surface area contributed by atoms with E-state index in [0.29, 0.717) is 22.6 Å². The van der Waals surface area contributed by atoms with Crippen LogP contribution in [0.25, 0.3) is 0 Å². The highest BCUT2D eigenvalue weighted by Crippen LogP contribution is 2.53. The Bertz CT molecular complexity index is 2000. The number of carbonyl (C=O) groups excluding carboxylic acids is 1. The molecule has 14 nitrogen and oxygen atoms in total. The minimum absolute atomic E-state index is 0.0481. The molecular formula is C44H56N5O9P. The van der Waals surface area contributed by atoms with Gasteiger partial charge in [-0.15, -0.1) is 0 Å². The van der Waals surface area contributed by atoms with Crippen LogP contribution in [0.3, 0.4) is 0 Å². The summed E-state index contributed by atoms with van der Waals surface area (Å²) in [4.78, 5) is 30.5. The highest BCUT2D eigenvalue weighted by atomic mass is 31.2. The number of hydrogen-bond donors (Lipinski definition) is 2. The van der Waals surface area contributed by atoms with Gasteiger partial charge in [0.25, 0.3) is 8.53 Å². The second kappa shape index (κ2) is 20.5. The first-order valence-corrected chi connectivity index (χ1v) is 20.8. The van der Waals surface area contributed by atoms with Crippen LogP contribution in [0, 0.1) is 17.2 Å². The van der Waals surface area contributed by atoms with Crippen molar-refractivity contribution in [1.82, 2.24) is 14.2 Å². The molecule has 1 saturated heterocycles. The first kappa shape index (κ1) is 45.4. The van der Waals surface area contributed by atoms with Crippen LogP contribution in [0.1, 0.15) is 70.9 Å². The zero-order chi connectivity index (χ0) is 42.9. The quantitative estimate of drug-likeness (QED) is 0.0576. The number of carbonyl (C=O) groups is 1. The number of benzene rings is 3. The van der Waals surface area contributed by atoms with E-state index in [1.165, 1.54) is 23.9 Å². The summed E-state index contributed by atoms with van der Waals surface area (Å²) in [6.45, 7) is 11.7. The van der Waals surface area contributed by atoms with Crippen molar-refractivity contribution in [1.29, 1.82) is 5.26 Å². The van der Waals surface area contributed by atoms with Crippen molar-refractivity contribution in [2.75, 3.05) is 33.3 Å². The van der Waals surface area contributed by atoms with E-state index in [9.17, 15) is 20.0 Å². The first-order valence-electron chi connectivity index (χ1n) is 19.7. The molecule has 3 aromatic carbocycles. The second-order valence-electron chi connectivity index (χ2n) is 15.0. The Hall–Kier alpha value is -4.71. The average molecular weight is 830 g/mol. The Morgan fingerprint density at radius 2 is 1.46 bits per heavy atom. The maximum Gasteiger partial charge on any atom is 0.351 e. The number of rotatable bonds is 19. The predicted molar refractivity (Wildman–Crippen MR) is 225 cm³/mol. The molecule has 0 aliphatic carbocycles. The molecular weight excluding hydrogens is 773 g/mol. The van der Waals surface area contributed by atoms with Gasteiger partial charge in [-0.3, -0.25) is 9.36 Å². The van der Waals surface area contributed by atoms with Crippen LogP contribution >= 0.6 is 8.53 Å². The van der Waals surface area contributed by atoms with Crippen LogP contribution in [0.15, 0.2) is 95.9 Å². The van der Waals surface area contributed by atoms with Gasteiger partial charge in [-0.05, 0) is 74.7 Å². The lowest BCUT2D eigenvalue weighted by molar-refractivity contribution is -0.118. The fraction of sp³-hybridized carbons (Fsp3) is 0.455. The highest BCUT2D eigenvalue weighted by molar-refractivity contribution is 7.44. The molecule has 6 atom stereocenters. The molecule has 4 aromatic rings. The molecule has 316 valence electrons. The molecule has 0 spiro atoms. The Kier molecular flexibility index (Phi) is 15.8. The minimum Gasteiger partial charge on any atom is -0.497 e. The summed E-state index contributed by atoms with van der Waals surface area (Å²) in [6, 6.07) is 28.2. The van der Waals surface area contributed by atoms with Crippen LogP contribution in [-0.4, -0.2) is 89.7 Å². The number of hydrogen-bond acceptors (Lipinski definition) is 12. The van der Waals surface area contributed by atoms with Crippen LogP contribution in [-0.2, 0) is 28.7 Å². The third-order valence-corrected chi connectivity index (χ3v) is 12.5. The van der Waals surface area contributed by atoms with Crippen molar-refractivity contribution in [3.05, 3.63) is 118 Å². The second-order valence-corrected chi connectivity index (χ2v) is 16.4. The lowest BCUT2D eigenvalue weighted by Gasteiger charge is -2.44. The topological polar surface area (TPSA) is 167 Å². The zero-order valence-electron chi connectivity index (χ0n) is 35.1. The molecule has 1 aliphatic rings. The summed E-state index contributed by atoms with van der Waals surface area (Å²) >= 11 is 0. The monoisotopic (exact) mass is 829 g/mol. The molecule has 0 radical (unpaired) electrons. The summed E-state index contributed by atoms with van der Waals surface area (Å²) < 4.78 is 41.0. The van der Waals surface area contributed by atoms with Crippen LogP contribution < -0.4 is 20.5 Å².